The molecule has 2 aromatic carbocycles. The van der Waals surface area contributed by atoms with Gasteiger partial charge in [0.2, 0.25) is 0 Å². The summed E-state index contributed by atoms with van der Waals surface area (Å²) in [6, 6.07) is 7.49. The molecule has 0 radical (unpaired) electrons. The van der Waals surface area contributed by atoms with Crippen molar-refractivity contribution in [3.05, 3.63) is 59.1 Å². The molecular weight excluding hydrogens is 385 g/mol. The van der Waals surface area contributed by atoms with Gasteiger partial charge in [-0.1, -0.05) is 17.7 Å². The Morgan fingerprint density at radius 1 is 1.36 bits per heavy atom. The molecule has 0 unspecified atom stereocenters. The van der Waals surface area contributed by atoms with E-state index in [0.29, 0.717) is 22.3 Å². The Kier molecular flexibility index (Phi) is 4.48. The van der Waals surface area contributed by atoms with Crippen LogP contribution in [0.4, 0.5) is 10.1 Å². The molecule has 0 saturated heterocycles. The largest absolute Gasteiger partial charge is 0.496 e. The fourth-order valence-electron chi connectivity index (χ4n) is 2.95. The number of ether oxygens (including phenoxy) is 1. The van der Waals surface area contributed by atoms with Gasteiger partial charge in [0.05, 0.1) is 35.1 Å². The molecule has 4 aromatic rings. The maximum Gasteiger partial charge on any atom is 0.259 e. The summed E-state index contributed by atoms with van der Waals surface area (Å²) in [5, 5.41) is 14.7. The van der Waals surface area contributed by atoms with Gasteiger partial charge >= 0.3 is 0 Å². The molecule has 0 atom stereocenters. The third-order valence-corrected chi connectivity index (χ3v) is 4.62. The first-order valence-electron chi connectivity index (χ1n) is 8.28. The Bertz CT molecular complexity index is 1180. The molecule has 0 aliphatic carbocycles. The molecule has 2 N–H and O–H groups in total. The van der Waals surface area contributed by atoms with Gasteiger partial charge in [-0.15, -0.1) is 0 Å². The van der Waals surface area contributed by atoms with Crippen molar-refractivity contribution in [1.82, 2.24) is 20.0 Å². The standard InChI is InChI=1S/C19H15ClFN5O2/c1-26-9-10(8-22-26)17-11-6-12(16(28-2)7-15(11)24-25-17)19(27)23-18-13(20)4-3-5-14(18)21/h3-9H,1-2H3,(H,23,27)(H,24,25). The molecule has 0 saturated carbocycles. The number of aryl methyl sites for hydroxylation is 1. The van der Waals surface area contributed by atoms with Crippen LogP contribution in [0.2, 0.25) is 5.02 Å². The molecule has 2 heterocycles. The van der Waals surface area contributed by atoms with Gasteiger partial charge in [-0.2, -0.15) is 10.2 Å². The average Bonchev–Trinajstić information content (AvgIpc) is 3.29. The number of methoxy groups -OCH3 is 1. The van der Waals surface area contributed by atoms with Gasteiger partial charge in [0.25, 0.3) is 5.91 Å². The first-order valence-corrected chi connectivity index (χ1v) is 8.66. The van der Waals surface area contributed by atoms with Crippen molar-refractivity contribution >= 4 is 34.1 Å². The van der Waals surface area contributed by atoms with E-state index in [9.17, 15) is 9.18 Å². The van der Waals surface area contributed by atoms with Crippen LogP contribution in [0.3, 0.4) is 0 Å². The number of rotatable bonds is 4. The topological polar surface area (TPSA) is 84.8 Å². The molecule has 2 aromatic heterocycles. The summed E-state index contributed by atoms with van der Waals surface area (Å²) in [5.74, 6) is -0.858. The average molecular weight is 400 g/mol. The molecule has 1 amide bonds. The van der Waals surface area contributed by atoms with Crippen molar-refractivity contribution < 1.29 is 13.9 Å². The number of amides is 1. The maximum atomic E-state index is 14.0. The molecule has 9 heteroatoms. The van der Waals surface area contributed by atoms with Crippen LogP contribution in [0.15, 0.2) is 42.7 Å². The summed E-state index contributed by atoms with van der Waals surface area (Å²) < 4.78 is 21.0. The number of carbonyl (C=O) groups is 1. The normalized spacial score (nSPS) is 11.0. The fourth-order valence-corrected chi connectivity index (χ4v) is 3.16. The monoisotopic (exact) mass is 399 g/mol. The number of halogens is 2. The zero-order chi connectivity index (χ0) is 19.8. The van der Waals surface area contributed by atoms with E-state index >= 15 is 0 Å². The van der Waals surface area contributed by atoms with E-state index < -0.39 is 11.7 Å². The third kappa shape index (κ3) is 3.07. The second-order valence-electron chi connectivity index (χ2n) is 6.12. The lowest BCUT2D eigenvalue weighted by atomic mass is 10.1. The molecule has 28 heavy (non-hydrogen) atoms. The van der Waals surface area contributed by atoms with Gasteiger partial charge in [-0.25, -0.2) is 4.39 Å². The van der Waals surface area contributed by atoms with Crippen molar-refractivity contribution in [2.75, 3.05) is 12.4 Å². The molecule has 0 aliphatic heterocycles. The van der Waals surface area contributed by atoms with E-state index in [2.05, 4.69) is 20.6 Å². The zero-order valence-electron chi connectivity index (χ0n) is 15.0. The minimum atomic E-state index is -0.625. The van der Waals surface area contributed by atoms with Crippen LogP contribution in [-0.2, 0) is 7.05 Å². The highest BCUT2D eigenvalue weighted by Crippen LogP contribution is 2.33. The van der Waals surface area contributed by atoms with E-state index in [0.717, 1.165) is 5.56 Å². The van der Waals surface area contributed by atoms with E-state index in [1.54, 1.807) is 30.1 Å². The number of fused-ring (bicyclic) bond motifs is 1. The summed E-state index contributed by atoms with van der Waals surface area (Å²) in [4.78, 5) is 12.9. The number of H-pyrrole nitrogens is 1. The molecular formula is C19H15ClFN5O2. The minimum Gasteiger partial charge on any atom is -0.496 e. The number of hydrogen-bond acceptors (Lipinski definition) is 4. The summed E-state index contributed by atoms with van der Waals surface area (Å²) in [6.07, 6.45) is 3.50. The van der Waals surface area contributed by atoms with Crippen molar-refractivity contribution in [2.24, 2.45) is 7.05 Å². The highest BCUT2D eigenvalue weighted by atomic mass is 35.5. The smallest absolute Gasteiger partial charge is 0.259 e. The van der Waals surface area contributed by atoms with Gasteiger partial charge in [-0.05, 0) is 18.2 Å². The number of hydrogen-bond donors (Lipinski definition) is 2. The molecule has 142 valence electrons. The molecule has 7 nitrogen and oxygen atoms in total. The Labute approximate surface area is 164 Å². The predicted molar refractivity (Wildman–Crippen MR) is 104 cm³/mol. The van der Waals surface area contributed by atoms with Gasteiger partial charge in [0.15, 0.2) is 0 Å². The van der Waals surface area contributed by atoms with Crippen LogP contribution in [0.1, 0.15) is 10.4 Å². The Morgan fingerprint density at radius 3 is 2.86 bits per heavy atom. The van der Waals surface area contributed by atoms with Gasteiger partial charge in [0, 0.05) is 30.3 Å². The van der Waals surface area contributed by atoms with E-state index in [1.165, 1.54) is 25.3 Å². The van der Waals surface area contributed by atoms with E-state index in [-0.39, 0.29) is 16.3 Å². The number of para-hydroxylation sites is 1. The second kappa shape index (κ2) is 6.97. The van der Waals surface area contributed by atoms with Crippen LogP contribution < -0.4 is 10.1 Å². The van der Waals surface area contributed by atoms with Gasteiger partial charge < -0.3 is 10.1 Å². The predicted octanol–water partition coefficient (Wildman–Crippen LogP) is 4.02. The lowest BCUT2D eigenvalue weighted by molar-refractivity contribution is 0.102. The Hall–Kier alpha value is -3.39. The number of benzene rings is 2. The van der Waals surface area contributed by atoms with Crippen LogP contribution >= 0.6 is 11.6 Å². The summed E-state index contributed by atoms with van der Waals surface area (Å²) >= 11 is 6.01. The number of nitrogens with one attached hydrogen (secondary N) is 2. The lowest BCUT2D eigenvalue weighted by Gasteiger charge is -2.11. The molecule has 0 spiro atoms. The van der Waals surface area contributed by atoms with Crippen molar-refractivity contribution in [2.45, 2.75) is 0 Å². The van der Waals surface area contributed by atoms with Gasteiger partial charge in [0.1, 0.15) is 17.3 Å². The molecule has 0 fully saturated rings. The first-order chi connectivity index (χ1) is 13.5. The van der Waals surface area contributed by atoms with E-state index in [1.807, 2.05) is 6.20 Å². The first kappa shape index (κ1) is 18.0. The van der Waals surface area contributed by atoms with Crippen molar-refractivity contribution in [3.63, 3.8) is 0 Å². The van der Waals surface area contributed by atoms with Crippen LogP contribution in [0.5, 0.6) is 5.75 Å². The minimum absolute atomic E-state index is 0.0870. The SMILES string of the molecule is COc1cc2[nH]nc(-c3cnn(C)c3)c2cc1C(=O)Nc1c(F)cccc1Cl. The van der Waals surface area contributed by atoms with Crippen LogP contribution in [0.25, 0.3) is 22.2 Å². The Morgan fingerprint density at radius 2 is 2.18 bits per heavy atom. The third-order valence-electron chi connectivity index (χ3n) is 4.31. The molecule has 0 aliphatic rings. The number of nitrogens with zero attached hydrogens (tertiary/aromatic N) is 3. The maximum absolute atomic E-state index is 14.0. The Balaban J connectivity index is 1.80. The van der Waals surface area contributed by atoms with Crippen LogP contribution in [0, 0.1) is 5.82 Å². The number of carbonyl (C=O) groups excluding carboxylic acids is 1. The highest BCUT2D eigenvalue weighted by Gasteiger charge is 2.20. The zero-order valence-corrected chi connectivity index (χ0v) is 15.7. The lowest BCUT2D eigenvalue weighted by Crippen LogP contribution is -2.14. The summed E-state index contributed by atoms with van der Waals surface area (Å²) in [6.45, 7) is 0. The number of aromatic nitrogens is 4. The van der Waals surface area contributed by atoms with Crippen molar-refractivity contribution in [1.29, 1.82) is 0 Å². The summed E-state index contributed by atoms with van der Waals surface area (Å²) in [7, 11) is 3.25. The summed E-state index contributed by atoms with van der Waals surface area (Å²) in [5.41, 5.74) is 2.26. The van der Waals surface area contributed by atoms with Crippen molar-refractivity contribution in [3.8, 4) is 17.0 Å². The van der Waals surface area contributed by atoms with Gasteiger partial charge in [-0.3, -0.25) is 14.6 Å². The van der Waals surface area contributed by atoms with E-state index in [4.69, 9.17) is 16.3 Å². The van der Waals surface area contributed by atoms with Crippen LogP contribution in [-0.4, -0.2) is 33.0 Å². The molecule has 0 bridgehead atoms. The highest BCUT2D eigenvalue weighted by molar-refractivity contribution is 6.34. The fraction of sp³-hybridized carbons (Fsp3) is 0.105. The second-order valence-corrected chi connectivity index (χ2v) is 6.53. The number of aromatic amines is 1. The quantitative estimate of drug-likeness (QED) is 0.543. The molecule has 4 rings (SSSR count). The number of anilines is 1.